The molecule has 0 unspecified atom stereocenters. The number of hydrogen-bond donors (Lipinski definition) is 4. The van der Waals surface area contributed by atoms with Gasteiger partial charge in [0.2, 0.25) is 5.91 Å². The fourth-order valence-corrected chi connectivity index (χ4v) is 5.56. The van der Waals surface area contributed by atoms with E-state index in [0.717, 1.165) is 6.33 Å². The van der Waals surface area contributed by atoms with Crippen LogP contribution in [0.5, 0.6) is 0 Å². The zero-order valence-corrected chi connectivity index (χ0v) is 25.8. The molecule has 15 heteroatoms. The SMILES string of the molecule is N[C@@H](Cc1ccccc1)C(=O)N(C(=O)OCc1ccccc1)[C@H]1[C@@H](O)[C@H](n2cnc3c(NC(=O)c4ccccc4)ncnc32)O[C@@H]1C(=O)O. The lowest BCUT2D eigenvalue weighted by Gasteiger charge is -2.31. The van der Waals surface area contributed by atoms with Crippen molar-refractivity contribution in [2.24, 2.45) is 5.73 Å². The molecule has 5 atom stereocenters. The number of anilines is 1. The minimum Gasteiger partial charge on any atom is -0.479 e. The Morgan fingerprint density at radius 3 is 2.20 bits per heavy atom. The molecule has 3 aromatic carbocycles. The van der Waals surface area contributed by atoms with Gasteiger partial charge in [-0.2, -0.15) is 0 Å². The first-order valence-corrected chi connectivity index (χ1v) is 15.2. The van der Waals surface area contributed by atoms with E-state index in [0.29, 0.717) is 21.6 Å². The molecule has 0 aliphatic carbocycles. The minimum absolute atomic E-state index is 0.00747. The van der Waals surface area contributed by atoms with Gasteiger partial charge in [0.15, 0.2) is 29.3 Å². The first-order valence-electron chi connectivity index (χ1n) is 15.2. The van der Waals surface area contributed by atoms with E-state index in [1.54, 1.807) is 91.0 Å². The zero-order valence-electron chi connectivity index (χ0n) is 25.8. The maximum absolute atomic E-state index is 13.9. The molecule has 6 rings (SSSR count). The van der Waals surface area contributed by atoms with Crippen molar-refractivity contribution in [1.29, 1.82) is 0 Å². The first-order chi connectivity index (χ1) is 23.7. The van der Waals surface area contributed by atoms with E-state index >= 15 is 0 Å². The van der Waals surface area contributed by atoms with E-state index in [1.807, 2.05) is 0 Å². The lowest BCUT2D eigenvalue weighted by molar-refractivity contribution is -0.154. The maximum Gasteiger partial charge on any atom is 0.417 e. The van der Waals surface area contributed by atoms with Crippen LogP contribution in [0.15, 0.2) is 104 Å². The Bertz CT molecular complexity index is 1960. The number of imide groups is 1. The first kappa shape index (κ1) is 32.9. The van der Waals surface area contributed by atoms with Crippen molar-refractivity contribution < 1.29 is 38.9 Å². The van der Waals surface area contributed by atoms with Gasteiger partial charge >= 0.3 is 12.1 Å². The van der Waals surface area contributed by atoms with Crippen molar-refractivity contribution in [3.63, 3.8) is 0 Å². The third-order valence-electron chi connectivity index (χ3n) is 7.94. The van der Waals surface area contributed by atoms with E-state index in [1.165, 1.54) is 10.9 Å². The van der Waals surface area contributed by atoms with Gasteiger partial charge in [-0.3, -0.25) is 14.2 Å². The third-order valence-corrected chi connectivity index (χ3v) is 7.94. The Hall–Kier alpha value is -6.03. The largest absolute Gasteiger partial charge is 0.479 e. The number of carbonyl (C=O) groups is 4. The number of nitrogens with one attached hydrogen (secondary N) is 1. The molecule has 5 N–H and O–H groups in total. The van der Waals surface area contributed by atoms with Gasteiger partial charge in [0.25, 0.3) is 5.91 Å². The van der Waals surface area contributed by atoms with E-state index in [9.17, 15) is 29.4 Å². The number of imidazole rings is 1. The maximum atomic E-state index is 13.9. The van der Waals surface area contributed by atoms with Crippen molar-refractivity contribution in [3.05, 3.63) is 120 Å². The second-order valence-corrected chi connectivity index (χ2v) is 11.2. The fraction of sp³-hybridized carbons (Fsp3) is 0.206. The molecule has 0 radical (unpaired) electrons. The van der Waals surface area contributed by atoms with Crippen molar-refractivity contribution in [2.75, 3.05) is 5.32 Å². The van der Waals surface area contributed by atoms with E-state index in [4.69, 9.17) is 15.2 Å². The summed E-state index contributed by atoms with van der Waals surface area (Å²) in [6, 6.07) is 22.8. The molecule has 1 saturated heterocycles. The lowest BCUT2D eigenvalue weighted by atomic mass is 10.0. The number of aromatic nitrogens is 4. The number of nitrogens with zero attached hydrogens (tertiary/aromatic N) is 5. The van der Waals surface area contributed by atoms with Crippen LogP contribution in [0.3, 0.4) is 0 Å². The number of carboxylic acids is 1. The number of benzene rings is 3. The third kappa shape index (κ3) is 6.99. The number of fused-ring (bicyclic) bond motifs is 1. The van der Waals surface area contributed by atoms with Crippen molar-refractivity contribution in [2.45, 2.75) is 43.5 Å². The number of amides is 3. The lowest BCUT2D eigenvalue weighted by Crippen LogP contribution is -2.59. The highest BCUT2D eigenvalue weighted by Crippen LogP contribution is 2.36. The van der Waals surface area contributed by atoms with Crippen LogP contribution in [0.2, 0.25) is 0 Å². The second-order valence-electron chi connectivity index (χ2n) is 11.2. The molecular formula is C34H31N7O8. The molecule has 0 spiro atoms. The number of ether oxygens (including phenoxy) is 2. The van der Waals surface area contributed by atoms with Gasteiger partial charge in [-0.15, -0.1) is 0 Å². The van der Waals surface area contributed by atoms with Crippen LogP contribution >= 0.6 is 0 Å². The normalized spacial score (nSPS) is 19.2. The summed E-state index contributed by atoms with van der Waals surface area (Å²) in [5.74, 6) is -2.96. The van der Waals surface area contributed by atoms with Crippen molar-refractivity contribution in [3.8, 4) is 0 Å². The average Bonchev–Trinajstić information content (AvgIpc) is 3.70. The van der Waals surface area contributed by atoms with Crippen LogP contribution in [0, 0.1) is 0 Å². The molecule has 0 saturated carbocycles. The van der Waals surface area contributed by atoms with Crippen LogP contribution < -0.4 is 11.1 Å². The molecule has 0 bridgehead atoms. The molecule has 1 fully saturated rings. The van der Waals surface area contributed by atoms with E-state index < -0.39 is 54.4 Å². The molecule has 3 heterocycles. The average molecular weight is 666 g/mol. The molecule has 1 aliphatic rings. The highest BCUT2D eigenvalue weighted by atomic mass is 16.6. The Labute approximate surface area is 278 Å². The zero-order chi connectivity index (χ0) is 34.5. The van der Waals surface area contributed by atoms with Gasteiger partial charge in [0, 0.05) is 5.56 Å². The quantitative estimate of drug-likeness (QED) is 0.169. The van der Waals surface area contributed by atoms with Crippen LogP contribution in [-0.4, -0.2) is 82.8 Å². The van der Waals surface area contributed by atoms with Crippen LogP contribution in [-0.2, 0) is 32.1 Å². The molecule has 1 aliphatic heterocycles. The summed E-state index contributed by atoms with van der Waals surface area (Å²) < 4.78 is 12.5. The molecule has 3 amide bonds. The Morgan fingerprint density at radius 2 is 1.55 bits per heavy atom. The number of carboxylic acid groups (broad SMARTS) is 1. The van der Waals surface area contributed by atoms with Gasteiger partial charge in [-0.1, -0.05) is 78.9 Å². The number of hydrogen-bond acceptors (Lipinski definition) is 11. The second kappa shape index (κ2) is 14.4. The number of carbonyl (C=O) groups excluding carboxylic acids is 3. The summed E-state index contributed by atoms with van der Waals surface area (Å²) in [5.41, 5.74) is 8.13. The number of nitrogens with two attached hydrogens (primary N) is 1. The summed E-state index contributed by atoms with van der Waals surface area (Å²) in [7, 11) is 0. The standard InChI is InChI=1S/C34H31N7O8/c35-23(16-20-10-4-1-5-11-20)31(44)41(34(47)48-17-21-12-6-2-7-13-21)25-26(42)32(49-27(25)33(45)46)40-19-38-24-28(36-18-37-29(24)40)39-30(43)22-14-8-3-9-15-22/h1-15,18-19,23,25-27,32,42H,16-17,35H2,(H,45,46)(H,36,37,39,43)/t23-,25-,26+,27-,32+/m0/s1. The van der Waals surface area contributed by atoms with Crippen LogP contribution in [0.25, 0.3) is 11.2 Å². The number of rotatable bonds is 10. The molecule has 5 aromatic rings. The minimum atomic E-state index is -1.91. The number of aliphatic hydroxyl groups excluding tert-OH is 1. The van der Waals surface area contributed by atoms with Crippen LogP contribution in [0.4, 0.5) is 10.6 Å². The van der Waals surface area contributed by atoms with Crippen molar-refractivity contribution >= 4 is 40.9 Å². The molecular weight excluding hydrogens is 634 g/mol. The Kier molecular flexibility index (Phi) is 9.66. The molecule has 2 aromatic heterocycles. The summed E-state index contributed by atoms with van der Waals surface area (Å²) in [6.07, 6.45) is -4.09. The summed E-state index contributed by atoms with van der Waals surface area (Å²) in [6.45, 7) is -0.247. The smallest absolute Gasteiger partial charge is 0.417 e. The van der Waals surface area contributed by atoms with Crippen molar-refractivity contribution in [1.82, 2.24) is 24.4 Å². The Balaban J connectivity index is 1.32. The summed E-state index contributed by atoms with van der Waals surface area (Å²) >= 11 is 0. The monoisotopic (exact) mass is 665 g/mol. The highest BCUT2D eigenvalue weighted by Gasteiger charge is 2.55. The van der Waals surface area contributed by atoms with E-state index in [-0.39, 0.29) is 30.0 Å². The summed E-state index contributed by atoms with van der Waals surface area (Å²) in [4.78, 5) is 66.2. The predicted molar refractivity (Wildman–Crippen MR) is 173 cm³/mol. The molecule has 15 nitrogen and oxygen atoms in total. The van der Waals surface area contributed by atoms with Gasteiger partial charge in [-0.25, -0.2) is 29.4 Å². The van der Waals surface area contributed by atoms with Crippen LogP contribution in [0.1, 0.15) is 27.7 Å². The van der Waals surface area contributed by atoms with E-state index in [2.05, 4.69) is 20.3 Å². The Morgan fingerprint density at radius 1 is 0.918 bits per heavy atom. The fourth-order valence-electron chi connectivity index (χ4n) is 5.56. The predicted octanol–water partition coefficient (Wildman–Crippen LogP) is 2.53. The topological polar surface area (TPSA) is 212 Å². The highest BCUT2D eigenvalue weighted by molar-refractivity contribution is 6.06. The number of aliphatic hydroxyl groups is 1. The molecule has 49 heavy (non-hydrogen) atoms. The number of aliphatic carboxylic acids is 1. The van der Waals surface area contributed by atoms with Gasteiger partial charge in [0.05, 0.1) is 12.4 Å². The van der Waals surface area contributed by atoms with Gasteiger partial charge in [-0.05, 0) is 29.7 Å². The van der Waals surface area contributed by atoms with Gasteiger partial charge < -0.3 is 30.7 Å². The molecule has 250 valence electrons. The summed E-state index contributed by atoms with van der Waals surface area (Å²) in [5, 5.41) is 24.6. The van der Waals surface area contributed by atoms with Gasteiger partial charge in [0.1, 0.15) is 25.1 Å².